The summed E-state index contributed by atoms with van der Waals surface area (Å²) in [5.74, 6) is 0.578. The van der Waals surface area contributed by atoms with E-state index in [0.29, 0.717) is 12.6 Å². The first-order chi connectivity index (χ1) is 9.86. The van der Waals surface area contributed by atoms with Gasteiger partial charge in [0.1, 0.15) is 5.41 Å². The molecule has 0 saturated carbocycles. The fourth-order valence-corrected chi connectivity index (χ4v) is 3.91. The zero-order valence-corrected chi connectivity index (χ0v) is 14.5. The second-order valence-electron chi connectivity index (χ2n) is 6.53. The molecule has 1 aliphatic rings. The highest BCUT2D eigenvalue weighted by atomic mass is 32.1. The largest absolute Gasteiger partial charge is 0.465 e. The van der Waals surface area contributed by atoms with Crippen molar-refractivity contribution >= 4 is 22.4 Å². The minimum Gasteiger partial charge on any atom is -0.465 e. The number of rotatable bonds is 4. The molecule has 1 aromatic rings. The number of ether oxygens (including phenoxy) is 1. The van der Waals surface area contributed by atoms with Gasteiger partial charge in [-0.2, -0.15) is 0 Å². The number of esters is 1. The van der Waals surface area contributed by atoms with Gasteiger partial charge in [-0.25, -0.2) is 4.98 Å². The Hall–Kier alpha value is -1.10. The zero-order chi connectivity index (χ0) is 15.6. The molecule has 0 bridgehead atoms. The van der Waals surface area contributed by atoms with E-state index < -0.39 is 5.41 Å². The van der Waals surface area contributed by atoms with E-state index in [2.05, 4.69) is 18.7 Å². The smallest absolute Gasteiger partial charge is 0.317 e. The predicted octanol–water partition coefficient (Wildman–Crippen LogP) is 3.61. The molecule has 0 aromatic carbocycles. The van der Waals surface area contributed by atoms with Crippen LogP contribution in [0.25, 0.3) is 0 Å². The van der Waals surface area contributed by atoms with E-state index in [1.807, 2.05) is 26.2 Å². The molecule has 118 valence electrons. The molecule has 1 saturated heterocycles. The Morgan fingerprint density at radius 3 is 2.86 bits per heavy atom. The average Bonchev–Trinajstić information content (AvgIpc) is 2.89. The Labute approximate surface area is 131 Å². The molecule has 1 aromatic heterocycles. The maximum Gasteiger partial charge on any atom is 0.317 e. The van der Waals surface area contributed by atoms with Crippen molar-refractivity contribution in [3.63, 3.8) is 0 Å². The number of hydrogen-bond donors (Lipinski definition) is 0. The fraction of sp³-hybridized carbons (Fsp3) is 0.750. The molecule has 0 N–H and O–H groups in total. The molecule has 2 rings (SSSR count). The van der Waals surface area contributed by atoms with Crippen LogP contribution in [0.2, 0.25) is 0 Å². The summed E-state index contributed by atoms with van der Waals surface area (Å²) in [5.41, 5.74) is 0.128. The van der Waals surface area contributed by atoms with Gasteiger partial charge in [-0.3, -0.25) is 4.79 Å². The number of carbonyl (C=O) groups excluding carboxylic acids is 1. The topological polar surface area (TPSA) is 42.4 Å². The van der Waals surface area contributed by atoms with Crippen LogP contribution >= 0.6 is 11.3 Å². The highest BCUT2D eigenvalue weighted by molar-refractivity contribution is 7.13. The molecular formula is C16H26N2O2S. The molecule has 0 amide bonds. The molecule has 2 unspecified atom stereocenters. The van der Waals surface area contributed by atoms with Crippen molar-refractivity contribution in [2.75, 3.05) is 18.1 Å². The van der Waals surface area contributed by atoms with Gasteiger partial charge < -0.3 is 9.64 Å². The molecule has 21 heavy (non-hydrogen) atoms. The molecular weight excluding hydrogens is 284 g/mol. The third kappa shape index (κ3) is 3.39. The monoisotopic (exact) mass is 310 g/mol. The van der Waals surface area contributed by atoms with Crippen LogP contribution in [-0.2, 0) is 14.9 Å². The molecule has 1 fully saturated rings. The van der Waals surface area contributed by atoms with E-state index in [-0.39, 0.29) is 5.97 Å². The van der Waals surface area contributed by atoms with Gasteiger partial charge in [0.2, 0.25) is 0 Å². The summed E-state index contributed by atoms with van der Waals surface area (Å²) in [6.45, 7) is 11.6. The molecule has 4 nitrogen and oxygen atoms in total. The number of nitrogens with zero attached hydrogens (tertiary/aromatic N) is 2. The number of hydrogen-bond acceptors (Lipinski definition) is 5. The Kier molecular flexibility index (Phi) is 4.91. The second kappa shape index (κ2) is 6.34. The Morgan fingerprint density at radius 2 is 2.24 bits per heavy atom. The SMILES string of the molecule is CCOC(=O)C(C)(C)c1csc(N2CCC(C)CC2C)n1. The fourth-order valence-electron chi connectivity index (χ4n) is 2.79. The van der Waals surface area contributed by atoms with Crippen molar-refractivity contribution in [1.82, 2.24) is 4.98 Å². The van der Waals surface area contributed by atoms with Gasteiger partial charge in [-0.05, 0) is 46.5 Å². The van der Waals surface area contributed by atoms with Crippen molar-refractivity contribution in [2.24, 2.45) is 5.92 Å². The van der Waals surface area contributed by atoms with Gasteiger partial charge in [0, 0.05) is 18.0 Å². The van der Waals surface area contributed by atoms with E-state index in [0.717, 1.165) is 23.3 Å². The maximum atomic E-state index is 12.1. The van der Waals surface area contributed by atoms with Crippen LogP contribution in [0.3, 0.4) is 0 Å². The van der Waals surface area contributed by atoms with Gasteiger partial charge in [0.25, 0.3) is 0 Å². The van der Waals surface area contributed by atoms with Crippen LogP contribution in [0.15, 0.2) is 5.38 Å². The third-order valence-corrected chi connectivity index (χ3v) is 5.18. The van der Waals surface area contributed by atoms with Crippen molar-refractivity contribution < 1.29 is 9.53 Å². The van der Waals surface area contributed by atoms with E-state index in [9.17, 15) is 4.79 Å². The number of aromatic nitrogens is 1. The number of thiazole rings is 1. The first kappa shape index (κ1) is 16.3. The van der Waals surface area contributed by atoms with Gasteiger partial charge >= 0.3 is 5.97 Å². The molecule has 0 spiro atoms. The van der Waals surface area contributed by atoms with E-state index in [1.54, 1.807) is 11.3 Å². The van der Waals surface area contributed by atoms with Crippen LogP contribution in [-0.4, -0.2) is 30.1 Å². The Morgan fingerprint density at radius 1 is 1.52 bits per heavy atom. The van der Waals surface area contributed by atoms with Gasteiger partial charge in [-0.15, -0.1) is 11.3 Å². The maximum absolute atomic E-state index is 12.1. The van der Waals surface area contributed by atoms with Crippen molar-refractivity contribution in [2.45, 2.75) is 58.9 Å². The Balaban J connectivity index is 2.16. The highest BCUT2D eigenvalue weighted by Crippen LogP contribution is 2.34. The van der Waals surface area contributed by atoms with E-state index >= 15 is 0 Å². The molecule has 5 heteroatoms. The lowest BCUT2D eigenvalue weighted by atomic mass is 9.90. The summed E-state index contributed by atoms with van der Waals surface area (Å²) >= 11 is 1.63. The van der Waals surface area contributed by atoms with Gasteiger partial charge in [0.15, 0.2) is 5.13 Å². The lowest BCUT2D eigenvalue weighted by Gasteiger charge is -2.36. The standard InChI is InChI=1S/C16H26N2O2S/c1-6-20-14(19)16(4,5)13-10-21-15(17-13)18-8-7-11(2)9-12(18)3/h10-12H,6-9H2,1-5H3. The summed E-state index contributed by atoms with van der Waals surface area (Å²) in [7, 11) is 0. The minimum atomic E-state index is -0.683. The summed E-state index contributed by atoms with van der Waals surface area (Å²) in [5, 5.41) is 3.03. The lowest BCUT2D eigenvalue weighted by molar-refractivity contribution is -0.148. The predicted molar refractivity (Wildman–Crippen MR) is 87.0 cm³/mol. The van der Waals surface area contributed by atoms with Crippen LogP contribution in [0.1, 0.15) is 53.2 Å². The quantitative estimate of drug-likeness (QED) is 0.797. The number of piperidine rings is 1. The molecule has 1 aliphatic heterocycles. The summed E-state index contributed by atoms with van der Waals surface area (Å²) in [6, 6.07) is 0.512. The first-order valence-electron chi connectivity index (χ1n) is 7.76. The van der Waals surface area contributed by atoms with E-state index in [1.165, 1.54) is 12.8 Å². The molecule has 0 aliphatic carbocycles. The van der Waals surface area contributed by atoms with Crippen LogP contribution < -0.4 is 4.90 Å². The average molecular weight is 310 g/mol. The second-order valence-corrected chi connectivity index (χ2v) is 7.37. The van der Waals surface area contributed by atoms with Gasteiger partial charge in [-0.1, -0.05) is 6.92 Å². The molecule has 2 heterocycles. The number of carbonyl (C=O) groups is 1. The Bertz CT molecular complexity index is 498. The van der Waals surface area contributed by atoms with Crippen LogP contribution in [0.4, 0.5) is 5.13 Å². The highest BCUT2D eigenvalue weighted by Gasteiger charge is 2.35. The first-order valence-corrected chi connectivity index (χ1v) is 8.64. The van der Waals surface area contributed by atoms with Crippen LogP contribution in [0.5, 0.6) is 0 Å². The molecule has 0 radical (unpaired) electrons. The minimum absolute atomic E-state index is 0.206. The van der Waals surface area contributed by atoms with Crippen molar-refractivity contribution in [1.29, 1.82) is 0 Å². The summed E-state index contributed by atoms with van der Waals surface area (Å²) in [6.07, 6.45) is 2.41. The lowest BCUT2D eigenvalue weighted by Crippen LogP contribution is -2.40. The van der Waals surface area contributed by atoms with Crippen molar-refractivity contribution in [3.8, 4) is 0 Å². The third-order valence-electron chi connectivity index (χ3n) is 4.30. The molecule has 2 atom stereocenters. The van der Waals surface area contributed by atoms with E-state index in [4.69, 9.17) is 9.72 Å². The summed E-state index contributed by atoms with van der Waals surface area (Å²) < 4.78 is 5.16. The van der Waals surface area contributed by atoms with Crippen molar-refractivity contribution in [3.05, 3.63) is 11.1 Å². The summed E-state index contributed by atoms with van der Waals surface area (Å²) in [4.78, 5) is 19.2. The van der Waals surface area contributed by atoms with Crippen LogP contribution in [0, 0.1) is 5.92 Å². The normalized spacial score (nSPS) is 23.2. The zero-order valence-electron chi connectivity index (χ0n) is 13.7. The number of anilines is 1. The van der Waals surface area contributed by atoms with Gasteiger partial charge in [0.05, 0.1) is 12.3 Å².